The highest BCUT2D eigenvalue weighted by Gasteiger charge is 2.14. The van der Waals surface area contributed by atoms with Crippen LogP contribution < -0.4 is 19.5 Å². The molecule has 156 valence electrons. The van der Waals surface area contributed by atoms with Crippen molar-refractivity contribution in [1.29, 1.82) is 0 Å². The Morgan fingerprint density at radius 1 is 0.933 bits per heavy atom. The lowest BCUT2D eigenvalue weighted by Crippen LogP contribution is -2.08. The number of benzene rings is 2. The van der Waals surface area contributed by atoms with Crippen LogP contribution in [0.25, 0.3) is 11.8 Å². The van der Waals surface area contributed by atoms with Gasteiger partial charge >= 0.3 is 0 Å². The maximum atomic E-state index is 12.5. The predicted molar refractivity (Wildman–Crippen MR) is 119 cm³/mol. The molecule has 0 bridgehead atoms. The minimum Gasteiger partial charge on any atom is -0.493 e. The van der Waals surface area contributed by atoms with Crippen molar-refractivity contribution in [3.63, 3.8) is 0 Å². The molecule has 0 saturated carbocycles. The zero-order valence-corrected chi connectivity index (χ0v) is 17.9. The van der Waals surface area contributed by atoms with Gasteiger partial charge in [-0.05, 0) is 43.7 Å². The molecule has 0 aliphatic carbocycles. The van der Waals surface area contributed by atoms with E-state index >= 15 is 0 Å². The Morgan fingerprint density at radius 2 is 1.57 bits per heavy atom. The fraction of sp³-hybridized carbons (Fsp3) is 0.208. The van der Waals surface area contributed by atoms with Crippen molar-refractivity contribution in [2.75, 3.05) is 26.6 Å². The first-order chi connectivity index (χ1) is 14.5. The van der Waals surface area contributed by atoms with E-state index in [1.165, 1.54) is 27.4 Å². The SMILES string of the molecule is COc1cc(NC(=O)/C=C/c2cc(C)n(-c3ccccc3)c2C)cc(OC)c1OC. The lowest BCUT2D eigenvalue weighted by atomic mass is 10.2. The molecule has 3 rings (SSSR count). The van der Waals surface area contributed by atoms with E-state index in [0.29, 0.717) is 22.9 Å². The van der Waals surface area contributed by atoms with Crippen molar-refractivity contribution in [3.05, 3.63) is 71.6 Å². The number of ether oxygens (including phenoxy) is 3. The van der Waals surface area contributed by atoms with Crippen molar-refractivity contribution in [3.8, 4) is 22.9 Å². The molecule has 1 aromatic heterocycles. The average molecular weight is 406 g/mol. The number of nitrogens with one attached hydrogen (secondary N) is 1. The van der Waals surface area contributed by atoms with E-state index in [1.807, 2.05) is 38.1 Å². The van der Waals surface area contributed by atoms with Crippen LogP contribution in [0.3, 0.4) is 0 Å². The van der Waals surface area contributed by atoms with Crippen LogP contribution in [0.2, 0.25) is 0 Å². The summed E-state index contributed by atoms with van der Waals surface area (Å²) in [5.74, 6) is 1.17. The third kappa shape index (κ3) is 4.33. The summed E-state index contributed by atoms with van der Waals surface area (Å²) in [5.41, 5.74) is 4.79. The summed E-state index contributed by atoms with van der Waals surface area (Å²) >= 11 is 0. The smallest absolute Gasteiger partial charge is 0.248 e. The molecule has 6 nitrogen and oxygen atoms in total. The van der Waals surface area contributed by atoms with Crippen LogP contribution in [-0.2, 0) is 4.79 Å². The van der Waals surface area contributed by atoms with E-state index < -0.39 is 0 Å². The minimum absolute atomic E-state index is 0.256. The number of hydrogen-bond donors (Lipinski definition) is 1. The standard InChI is InChI=1S/C24H26N2O4/c1-16-13-18(17(2)26(16)20-9-7-6-8-10-20)11-12-23(27)25-19-14-21(28-3)24(30-5)22(15-19)29-4/h6-15H,1-5H3,(H,25,27)/b12-11+. The quantitative estimate of drug-likeness (QED) is 0.574. The number of amides is 1. The first kappa shape index (κ1) is 21.0. The van der Waals surface area contributed by atoms with Gasteiger partial charge in [0.1, 0.15) is 0 Å². The molecule has 1 N–H and O–H groups in total. The Bertz CT molecular complexity index is 1040. The number of carbonyl (C=O) groups excluding carboxylic acids is 1. The van der Waals surface area contributed by atoms with E-state index in [1.54, 1.807) is 12.1 Å². The Balaban J connectivity index is 1.81. The van der Waals surface area contributed by atoms with Crippen molar-refractivity contribution in [2.45, 2.75) is 13.8 Å². The normalized spacial score (nSPS) is 10.8. The van der Waals surface area contributed by atoms with E-state index in [2.05, 4.69) is 28.1 Å². The highest BCUT2D eigenvalue weighted by atomic mass is 16.5. The van der Waals surface area contributed by atoms with Crippen LogP contribution in [0, 0.1) is 13.8 Å². The molecule has 0 unspecified atom stereocenters. The zero-order valence-electron chi connectivity index (χ0n) is 17.9. The van der Waals surface area contributed by atoms with Gasteiger partial charge in [-0.1, -0.05) is 18.2 Å². The largest absolute Gasteiger partial charge is 0.493 e. The number of aromatic nitrogens is 1. The predicted octanol–water partition coefficient (Wildman–Crippen LogP) is 4.77. The summed E-state index contributed by atoms with van der Waals surface area (Å²) in [5, 5.41) is 2.84. The van der Waals surface area contributed by atoms with Crippen LogP contribution in [-0.4, -0.2) is 31.8 Å². The highest BCUT2D eigenvalue weighted by Crippen LogP contribution is 2.39. The van der Waals surface area contributed by atoms with Crippen molar-refractivity contribution >= 4 is 17.7 Å². The molecule has 1 amide bonds. The summed E-state index contributed by atoms with van der Waals surface area (Å²) < 4.78 is 18.1. The van der Waals surface area contributed by atoms with Gasteiger partial charge in [-0.25, -0.2) is 0 Å². The molecule has 6 heteroatoms. The number of carbonyl (C=O) groups is 1. The summed E-state index contributed by atoms with van der Waals surface area (Å²) in [6, 6.07) is 15.6. The Kier molecular flexibility index (Phi) is 6.47. The van der Waals surface area contributed by atoms with Crippen LogP contribution in [0.4, 0.5) is 5.69 Å². The molecule has 0 saturated heterocycles. The highest BCUT2D eigenvalue weighted by molar-refractivity contribution is 6.02. The number of para-hydroxylation sites is 1. The fourth-order valence-electron chi connectivity index (χ4n) is 3.43. The fourth-order valence-corrected chi connectivity index (χ4v) is 3.43. The van der Waals surface area contributed by atoms with Gasteiger partial charge in [-0.2, -0.15) is 0 Å². The molecule has 1 heterocycles. The van der Waals surface area contributed by atoms with Crippen LogP contribution >= 0.6 is 0 Å². The average Bonchev–Trinajstić information content (AvgIpc) is 3.05. The maximum Gasteiger partial charge on any atom is 0.248 e. The van der Waals surface area contributed by atoms with E-state index in [9.17, 15) is 4.79 Å². The van der Waals surface area contributed by atoms with Crippen LogP contribution in [0.1, 0.15) is 17.0 Å². The third-order valence-corrected chi connectivity index (χ3v) is 4.83. The second-order valence-electron chi connectivity index (χ2n) is 6.73. The van der Waals surface area contributed by atoms with E-state index in [-0.39, 0.29) is 5.91 Å². The first-order valence-corrected chi connectivity index (χ1v) is 9.52. The maximum absolute atomic E-state index is 12.5. The molecule has 0 radical (unpaired) electrons. The lowest BCUT2D eigenvalue weighted by molar-refractivity contribution is -0.111. The van der Waals surface area contributed by atoms with Gasteiger partial charge in [0, 0.05) is 41.0 Å². The van der Waals surface area contributed by atoms with Gasteiger partial charge in [-0.3, -0.25) is 4.79 Å². The molecule has 2 aromatic carbocycles. The van der Waals surface area contributed by atoms with E-state index in [4.69, 9.17) is 14.2 Å². The van der Waals surface area contributed by atoms with Gasteiger partial charge in [0.25, 0.3) is 0 Å². The zero-order chi connectivity index (χ0) is 21.7. The third-order valence-electron chi connectivity index (χ3n) is 4.83. The molecule has 0 fully saturated rings. The molecule has 0 aliphatic rings. The minimum atomic E-state index is -0.256. The van der Waals surface area contributed by atoms with Gasteiger partial charge in [0.05, 0.1) is 21.3 Å². The lowest BCUT2D eigenvalue weighted by Gasteiger charge is -2.14. The molecule has 3 aromatic rings. The van der Waals surface area contributed by atoms with Gasteiger partial charge in [0.15, 0.2) is 11.5 Å². The number of hydrogen-bond acceptors (Lipinski definition) is 4. The Labute approximate surface area is 176 Å². The Hall–Kier alpha value is -3.67. The molecule has 0 aliphatic heterocycles. The first-order valence-electron chi connectivity index (χ1n) is 9.52. The number of nitrogens with zero attached hydrogens (tertiary/aromatic N) is 1. The van der Waals surface area contributed by atoms with Crippen LogP contribution in [0.5, 0.6) is 17.2 Å². The number of rotatable bonds is 7. The second kappa shape index (κ2) is 9.22. The van der Waals surface area contributed by atoms with Gasteiger partial charge in [0.2, 0.25) is 11.7 Å². The van der Waals surface area contributed by atoms with Crippen molar-refractivity contribution in [1.82, 2.24) is 4.57 Å². The van der Waals surface area contributed by atoms with Gasteiger partial charge < -0.3 is 24.1 Å². The Morgan fingerprint density at radius 3 is 2.13 bits per heavy atom. The monoisotopic (exact) mass is 406 g/mol. The molecular weight excluding hydrogens is 380 g/mol. The summed E-state index contributed by atoms with van der Waals surface area (Å²) in [6.45, 7) is 4.09. The molecule has 30 heavy (non-hydrogen) atoms. The summed E-state index contributed by atoms with van der Waals surface area (Å²) in [6.07, 6.45) is 3.33. The van der Waals surface area contributed by atoms with Crippen molar-refractivity contribution < 1.29 is 19.0 Å². The van der Waals surface area contributed by atoms with Crippen LogP contribution in [0.15, 0.2) is 54.6 Å². The van der Waals surface area contributed by atoms with Gasteiger partial charge in [-0.15, -0.1) is 0 Å². The summed E-state index contributed by atoms with van der Waals surface area (Å²) in [4.78, 5) is 12.5. The number of anilines is 1. The summed E-state index contributed by atoms with van der Waals surface area (Å²) in [7, 11) is 4.60. The van der Waals surface area contributed by atoms with Crippen molar-refractivity contribution in [2.24, 2.45) is 0 Å². The number of aryl methyl sites for hydroxylation is 1. The number of methoxy groups -OCH3 is 3. The topological polar surface area (TPSA) is 61.7 Å². The molecule has 0 spiro atoms. The molecule has 0 atom stereocenters. The molecular formula is C24H26N2O4. The second-order valence-corrected chi connectivity index (χ2v) is 6.73. The van der Waals surface area contributed by atoms with E-state index in [0.717, 1.165) is 22.6 Å².